The summed E-state index contributed by atoms with van der Waals surface area (Å²) < 4.78 is 1.94. The third-order valence-corrected chi connectivity index (χ3v) is 6.93. The van der Waals surface area contributed by atoms with Crippen LogP contribution >= 0.6 is 23.1 Å². The smallest absolute Gasteiger partial charge is 0.251 e. The summed E-state index contributed by atoms with van der Waals surface area (Å²) in [4.78, 5) is 25.5. The zero-order valence-corrected chi connectivity index (χ0v) is 17.7. The van der Waals surface area contributed by atoms with Crippen LogP contribution in [0.4, 0.5) is 5.00 Å². The largest absolute Gasteiger partial charge is 0.365 e. The van der Waals surface area contributed by atoms with Gasteiger partial charge in [0.25, 0.3) is 5.91 Å². The summed E-state index contributed by atoms with van der Waals surface area (Å²) in [6, 6.07) is 11.8. The van der Waals surface area contributed by atoms with Crippen molar-refractivity contribution in [1.82, 2.24) is 14.6 Å². The average molecular weight is 426 g/mol. The molecule has 0 aliphatic rings. The van der Waals surface area contributed by atoms with Crippen molar-refractivity contribution in [2.75, 3.05) is 5.32 Å². The summed E-state index contributed by atoms with van der Waals surface area (Å²) in [6.45, 7) is 5.52. The molecule has 1 unspecified atom stereocenters. The van der Waals surface area contributed by atoms with E-state index >= 15 is 0 Å². The number of carbonyl (C=O) groups excluding carboxylic acids is 2. The van der Waals surface area contributed by atoms with Crippen LogP contribution in [0.5, 0.6) is 0 Å². The van der Waals surface area contributed by atoms with E-state index in [0.717, 1.165) is 27.0 Å². The number of pyridine rings is 1. The Hall–Kier alpha value is -2.91. The molecule has 0 aliphatic carbocycles. The summed E-state index contributed by atoms with van der Waals surface area (Å²) in [5, 5.41) is 13.1. The van der Waals surface area contributed by atoms with Gasteiger partial charge in [-0.3, -0.25) is 14.0 Å². The first-order valence-corrected chi connectivity index (χ1v) is 10.7. The number of aromatic nitrogens is 3. The third kappa shape index (κ3) is 3.47. The van der Waals surface area contributed by atoms with Gasteiger partial charge < -0.3 is 11.1 Å². The fraction of sp³-hybridized carbons (Fsp3) is 0.200. The second-order valence-corrected chi connectivity index (χ2v) is 9.20. The van der Waals surface area contributed by atoms with Crippen molar-refractivity contribution >= 4 is 56.5 Å². The van der Waals surface area contributed by atoms with Crippen LogP contribution in [-0.2, 0) is 4.79 Å². The number of anilines is 1. The number of amides is 2. The van der Waals surface area contributed by atoms with Crippen molar-refractivity contribution in [3.63, 3.8) is 0 Å². The van der Waals surface area contributed by atoms with Gasteiger partial charge in [0.05, 0.1) is 16.3 Å². The molecule has 4 rings (SSSR count). The lowest BCUT2D eigenvalue weighted by atomic mass is 10.1. The van der Waals surface area contributed by atoms with Crippen LogP contribution in [-0.4, -0.2) is 31.7 Å². The van der Waals surface area contributed by atoms with Crippen LogP contribution in [0.2, 0.25) is 0 Å². The number of aryl methyl sites for hydroxylation is 1. The first-order valence-electron chi connectivity index (χ1n) is 8.97. The minimum atomic E-state index is -0.544. The van der Waals surface area contributed by atoms with Crippen molar-refractivity contribution in [2.24, 2.45) is 5.73 Å². The summed E-state index contributed by atoms with van der Waals surface area (Å²) in [6.07, 6.45) is 0. The first-order chi connectivity index (χ1) is 13.9. The van der Waals surface area contributed by atoms with E-state index in [1.165, 1.54) is 23.1 Å². The molecule has 7 nitrogen and oxygen atoms in total. The summed E-state index contributed by atoms with van der Waals surface area (Å²) in [5.41, 5.74) is 8.37. The average Bonchev–Trinajstić information content (AvgIpc) is 3.22. The zero-order valence-electron chi connectivity index (χ0n) is 16.1. The van der Waals surface area contributed by atoms with Gasteiger partial charge in [0, 0.05) is 4.88 Å². The van der Waals surface area contributed by atoms with Gasteiger partial charge in [-0.1, -0.05) is 30.0 Å². The maximum Gasteiger partial charge on any atom is 0.251 e. The van der Waals surface area contributed by atoms with Crippen LogP contribution < -0.4 is 11.1 Å². The number of carbonyl (C=O) groups is 2. The van der Waals surface area contributed by atoms with Gasteiger partial charge in [0.15, 0.2) is 10.8 Å². The molecule has 0 saturated heterocycles. The number of fused-ring (bicyclic) bond motifs is 3. The number of thiophene rings is 1. The van der Waals surface area contributed by atoms with E-state index in [0.29, 0.717) is 15.7 Å². The molecule has 3 heterocycles. The molecule has 3 N–H and O–H groups in total. The standard InChI is InChI=1S/C20H19N5O2S2/c1-10-11(2)28-19(16(10)17(21)26)22-18(27)12(3)29-20-24-23-15-9-8-13-6-4-5-7-14(13)25(15)20/h4-9,12H,1-3H3,(H2,21,26)(H,22,27). The van der Waals surface area contributed by atoms with E-state index in [2.05, 4.69) is 15.5 Å². The van der Waals surface area contributed by atoms with E-state index in [1.807, 2.05) is 54.6 Å². The minimum absolute atomic E-state index is 0.226. The van der Waals surface area contributed by atoms with Gasteiger partial charge in [-0.2, -0.15) is 0 Å². The van der Waals surface area contributed by atoms with Gasteiger partial charge in [-0.25, -0.2) is 0 Å². The van der Waals surface area contributed by atoms with Crippen molar-refractivity contribution in [3.05, 3.63) is 52.4 Å². The van der Waals surface area contributed by atoms with Gasteiger partial charge in [-0.05, 0) is 49.9 Å². The highest BCUT2D eigenvalue weighted by molar-refractivity contribution is 8.00. The molecule has 148 valence electrons. The monoisotopic (exact) mass is 425 g/mol. The Morgan fingerprint density at radius 3 is 2.69 bits per heavy atom. The first kappa shape index (κ1) is 19.4. The fourth-order valence-corrected chi connectivity index (χ4v) is 5.06. The number of thioether (sulfide) groups is 1. The Morgan fingerprint density at radius 1 is 1.17 bits per heavy atom. The normalized spacial score (nSPS) is 12.4. The Morgan fingerprint density at radius 2 is 1.93 bits per heavy atom. The second-order valence-electron chi connectivity index (χ2n) is 6.67. The Bertz CT molecular complexity index is 1260. The lowest BCUT2D eigenvalue weighted by Gasteiger charge is -2.11. The van der Waals surface area contributed by atoms with E-state index in [-0.39, 0.29) is 5.91 Å². The number of nitrogens with zero attached hydrogens (tertiary/aromatic N) is 3. The van der Waals surface area contributed by atoms with E-state index in [1.54, 1.807) is 6.92 Å². The summed E-state index contributed by atoms with van der Waals surface area (Å²) in [5.74, 6) is -0.770. The van der Waals surface area contributed by atoms with Crippen molar-refractivity contribution in [2.45, 2.75) is 31.2 Å². The molecular weight excluding hydrogens is 406 g/mol. The Balaban J connectivity index is 1.61. The van der Waals surface area contributed by atoms with Crippen LogP contribution in [0.25, 0.3) is 16.6 Å². The summed E-state index contributed by atoms with van der Waals surface area (Å²) in [7, 11) is 0. The van der Waals surface area contributed by atoms with Crippen molar-refractivity contribution in [3.8, 4) is 0 Å². The zero-order chi connectivity index (χ0) is 20.7. The quantitative estimate of drug-likeness (QED) is 0.474. The second kappa shape index (κ2) is 7.49. The van der Waals surface area contributed by atoms with Gasteiger partial charge >= 0.3 is 0 Å². The number of para-hydroxylation sites is 1. The maximum atomic E-state index is 12.8. The lowest BCUT2D eigenvalue weighted by Crippen LogP contribution is -2.24. The number of hydrogen-bond donors (Lipinski definition) is 2. The number of hydrogen-bond acceptors (Lipinski definition) is 6. The molecule has 0 radical (unpaired) electrons. The van der Waals surface area contributed by atoms with Crippen LogP contribution in [0.1, 0.15) is 27.7 Å². The van der Waals surface area contributed by atoms with Crippen LogP contribution in [0, 0.1) is 13.8 Å². The van der Waals surface area contributed by atoms with Gasteiger partial charge in [-0.15, -0.1) is 21.5 Å². The molecule has 4 aromatic rings. The molecule has 0 saturated carbocycles. The molecule has 0 spiro atoms. The molecule has 0 aliphatic heterocycles. The predicted molar refractivity (Wildman–Crippen MR) is 117 cm³/mol. The SMILES string of the molecule is Cc1sc(NC(=O)C(C)Sc2nnc3ccc4ccccc4n23)c(C(N)=O)c1C. The highest BCUT2D eigenvalue weighted by atomic mass is 32.2. The molecule has 0 fully saturated rings. The molecule has 3 aromatic heterocycles. The lowest BCUT2D eigenvalue weighted by molar-refractivity contribution is -0.115. The molecule has 0 bridgehead atoms. The number of primary amides is 1. The molecule has 29 heavy (non-hydrogen) atoms. The van der Waals surface area contributed by atoms with E-state index in [4.69, 9.17) is 5.73 Å². The van der Waals surface area contributed by atoms with Crippen LogP contribution in [0.3, 0.4) is 0 Å². The van der Waals surface area contributed by atoms with E-state index in [9.17, 15) is 9.59 Å². The maximum absolute atomic E-state index is 12.8. The predicted octanol–water partition coefficient (Wildman–Crippen LogP) is 3.78. The molecule has 9 heteroatoms. The van der Waals surface area contributed by atoms with Gasteiger partial charge in [0.1, 0.15) is 5.00 Å². The number of nitrogens with one attached hydrogen (secondary N) is 1. The molecule has 1 aromatic carbocycles. The Kier molecular flexibility index (Phi) is 5.01. The fourth-order valence-electron chi connectivity index (χ4n) is 3.13. The van der Waals surface area contributed by atoms with Crippen LogP contribution in [0.15, 0.2) is 41.6 Å². The van der Waals surface area contributed by atoms with Gasteiger partial charge in [0.2, 0.25) is 5.91 Å². The van der Waals surface area contributed by atoms with Crippen molar-refractivity contribution < 1.29 is 9.59 Å². The number of nitrogens with two attached hydrogens (primary N) is 1. The number of benzene rings is 1. The van der Waals surface area contributed by atoms with E-state index < -0.39 is 11.2 Å². The summed E-state index contributed by atoms with van der Waals surface area (Å²) >= 11 is 2.67. The molecule has 2 amide bonds. The number of rotatable bonds is 5. The minimum Gasteiger partial charge on any atom is -0.365 e. The Labute approximate surface area is 175 Å². The highest BCUT2D eigenvalue weighted by Gasteiger charge is 2.23. The highest BCUT2D eigenvalue weighted by Crippen LogP contribution is 2.33. The third-order valence-electron chi connectivity index (χ3n) is 4.77. The molecule has 1 atom stereocenters. The molecular formula is C20H19N5O2S2. The van der Waals surface area contributed by atoms with Crippen molar-refractivity contribution in [1.29, 1.82) is 0 Å². The topological polar surface area (TPSA) is 102 Å².